The van der Waals surface area contributed by atoms with Crippen LogP contribution in [-0.4, -0.2) is 5.91 Å². The maximum atomic E-state index is 11.1. The molecule has 0 aliphatic carbocycles. The summed E-state index contributed by atoms with van der Waals surface area (Å²) in [6, 6.07) is 6.51. The molecule has 1 N–H and O–H groups in total. The van der Waals surface area contributed by atoms with Crippen LogP contribution in [0.15, 0.2) is 18.2 Å². The molecule has 1 aromatic rings. The Hall–Kier alpha value is -1.31. The lowest BCUT2D eigenvalue weighted by molar-refractivity contribution is -0.119. The average Bonchev–Trinajstić information content (AvgIpc) is 2.51. The molecule has 2 rings (SSSR count). The highest BCUT2D eigenvalue weighted by Gasteiger charge is 2.24. The fourth-order valence-electron chi connectivity index (χ4n) is 2.21. The summed E-state index contributed by atoms with van der Waals surface area (Å²) in [5, 5.41) is 3.01. The first-order valence-corrected chi connectivity index (χ1v) is 5.04. The Bertz CT molecular complexity index is 350. The minimum atomic E-state index is 0.178. The molecular formula is C12H15NO. The predicted molar refractivity (Wildman–Crippen MR) is 56.0 cm³/mol. The van der Waals surface area contributed by atoms with E-state index >= 15 is 0 Å². The third-order valence-corrected chi connectivity index (χ3v) is 2.89. The minimum absolute atomic E-state index is 0.178. The van der Waals surface area contributed by atoms with Crippen LogP contribution in [0.1, 0.15) is 35.6 Å². The van der Waals surface area contributed by atoms with Crippen LogP contribution >= 0.6 is 0 Å². The van der Waals surface area contributed by atoms with E-state index in [1.54, 1.807) is 0 Å². The second-order valence-electron chi connectivity index (χ2n) is 3.96. The molecule has 1 saturated heterocycles. The van der Waals surface area contributed by atoms with Crippen LogP contribution in [0.5, 0.6) is 0 Å². The van der Waals surface area contributed by atoms with Gasteiger partial charge in [-0.3, -0.25) is 4.79 Å². The fourth-order valence-corrected chi connectivity index (χ4v) is 2.21. The summed E-state index contributed by atoms with van der Waals surface area (Å²) < 4.78 is 0. The Morgan fingerprint density at radius 3 is 2.43 bits per heavy atom. The highest BCUT2D eigenvalue weighted by atomic mass is 16.1. The van der Waals surface area contributed by atoms with Gasteiger partial charge < -0.3 is 5.32 Å². The van der Waals surface area contributed by atoms with E-state index in [1.165, 1.54) is 16.7 Å². The second kappa shape index (κ2) is 3.45. The number of carbonyl (C=O) groups is 1. The van der Waals surface area contributed by atoms with E-state index in [4.69, 9.17) is 0 Å². The molecule has 14 heavy (non-hydrogen) atoms. The van der Waals surface area contributed by atoms with Gasteiger partial charge in [0.2, 0.25) is 5.91 Å². The molecule has 0 spiro atoms. The van der Waals surface area contributed by atoms with E-state index in [1.807, 2.05) is 0 Å². The minimum Gasteiger partial charge on any atom is -0.349 e. The Kier molecular flexibility index (Phi) is 2.28. The van der Waals surface area contributed by atoms with Crippen molar-refractivity contribution in [1.29, 1.82) is 0 Å². The molecule has 1 heterocycles. The molecule has 1 aromatic carbocycles. The molecule has 2 nitrogen and oxygen atoms in total. The van der Waals surface area contributed by atoms with Crippen molar-refractivity contribution >= 4 is 5.91 Å². The van der Waals surface area contributed by atoms with Gasteiger partial charge in [0, 0.05) is 6.42 Å². The number of hydrogen-bond donors (Lipinski definition) is 1. The van der Waals surface area contributed by atoms with E-state index in [2.05, 4.69) is 37.4 Å². The van der Waals surface area contributed by atoms with Gasteiger partial charge in [0.15, 0.2) is 0 Å². The topological polar surface area (TPSA) is 29.1 Å². The van der Waals surface area contributed by atoms with Crippen LogP contribution in [0.3, 0.4) is 0 Å². The molecule has 1 atom stereocenters. The van der Waals surface area contributed by atoms with Crippen molar-refractivity contribution in [3.63, 3.8) is 0 Å². The average molecular weight is 189 g/mol. The summed E-state index contributed by atoms with van der Waals surface area (Å²) in [6.45, 7) is 4.21. The van der Waals surface area contributed by atoms with Gasteiger partial charge in [-0.25, -0.2) is 0 Å². The lowest BCUT2D eigenvalue weighted by Gasteiger charge is -2.16. The number of rotatable bonds is 1. The van der Waals surface area contributed by atoms with E-state index < -0.39 is 0 Å². The van der Waals surface area contributed by atoms with Gasteiger partial charge in [-0.2, -0.15) is 0 Å². The first-order valence-electron chi connectivity index (χ1n) is 5.04. The fraction of sp³-hybridized carbons (Fsp3) is 0.417. The highest BCUT2D eigenvalue weighted by molar-refractivity contribution is 5.79. The van der Waals surface area contributed by atoms with Crippen molar-refractivity contribution in [2.75, 3.05) is 0 Å². The van der Waals surface area contributed by atoms with Gasteiger partial charge in [0.1, 0.15) is 0 Å². The normalized spacial score (nSPS) is 21.0. The van der Waals surface area contributed by atoms with Crippen molar-refractivity contribution in [1.82, 2.24) is 5.32 Å². The first kappa shape index (κ1) is 9.25. The van der Waals surface area contributed by atoms with Crippen LogP contribution in [-0.2, 0) is 4.79 Å². The Labute approximate surface area is 84.3 Å². The van der Waals surface area contributed by atoms with Crippen molar-refractivity contribution in [2.45, 2.75) is 32.7 Å². The Balaban J connectivity index is 2.36. The van der Waals surface area contributed by atoms with Crippen molar-refractivity contribution in [3.8, 4) is 0 Å². The van der Waals surface area contributed by atoms with Gasteiger partial charge in [-0.05, 0) is 37.0 Å². The Morgan fingerprint density at radius 1 is 1.29 bits per heavy atom. The molecule has 1 aliphatic rings. The maximum Gasteiger partial charge on any atom is 0.220 e. The maximum absolute atomic E-state index is 11.1. The first-order chi connectivity index (χ1) is 6.68. The third kappa shape index (κ3) is 1.52. The van der Waals surface area contributed by atoms with Gasteiger partial charge in [-0.1, -0.05) is 18.2 Å². The smallest absolute Gasteiger partial charge is 0.220 e. The molecule has 1 amide bonds. The van der Waals surface area contributed by atoms with Crippen LogP contribution < -0.4 is 5.32 Å². The lowest BCUT2D eigenvalue weighted by atomic mass is 9.95. The quantitative estimate of drug-likeness (QED) is 0.721. The van der Waals surface area contributed by atoms with E-state index in [0.29, 0.717) is 6.42 Å². The van der Waals surface area contributed by atoms with Crippen molar-refractivity contribution in [3.05, 3.63) is 34.9 Å². The molecular weight excluding hydrogens is 174 g/mol. The van der Waals surface area contributed by atoms with Crippen LogP contribution in [0.25, 0.3) is 0 Å². The molecule has 2 heteroatoms. The number of nitrogens with one attached hydrogen (secondary N) is 1. The second-order valence-corrected chi connectivity index (χ2v) is 3.96. The monoisotopic (exact) mass is 189 g/mol. The van der Waals surface area contributed by atoms with Gasteiger partial charge in [-0.15, -0.1) is 0 Å². The van der Waals surface area contributed by atoms with Crippen molar-refractivity contribution in [2.24, 2.45) is 0 Å². The van der Waals surface area contributed by atoms with E-state index in [-0.39, 0.29) is 11.9 Å². The molecule has 0 radical (unpaired) electrons. The molecule has 0 bridgehead atoms. The van der Waals surface area contributed by atoms with Gasteiger partial charge in [0.25, 0.3) is 0 Å². The van der Waals surface area contributed by atoms with E-state index in [0.717, 1.165) is 6.42 Å². The molecule has 74 valence electrons. The lowest BCUT2D eigenvalue weighted by Crippen LogP contribution is -2.19. The molecule has 1 unspecified atom stereocenters. The number of carbonyl (C=O) groups excluding carboxylic acids is 1. The van der Waals surface area contributed by atoms with E-state index in [9.17, 15) is 4.79 Å². The molecule has 0 saturated carbocycles. The van der Waals surface area contributed by atoms with Crippen LogP contribution in [0, 0.1) is 13.8 Å². The third-order valence-electron chi connectivity index (χ3n) is 2.89. The summed E-state index contributed by atoms with van der Waals surface area (Å²) in [6.07, 6.45) is 1.60. The zero-order valence-electron chi connectivity index (χ0n) is 8.63. The predicted octanol–water partition coefficient (Wildman–Crippen LogP) is 2.25. The standard InChI is InChI=1S/C12H15NO/c1-8-4-3-5-9(2)12(8)10-6-7-11(14)13-10/h3-5,10H,6-7H2,1-2H3,(H,13,14). The number of benzene rings is 1. The summed E-state index contributed by atoms with van der Waals surface area (Å²) in [7, 11) is 0. The zero-order chi connectivity index (χ0) is 10.1. The van der Waals surface area contributed by atoms with Gasteiger partial charge >= 0.3 is 0 Å². The SMILES string of the molecule is Cc1cccc(C)c1C1CCC(=O)N1. The molecule has 0 aromatic heterocycles. The zero-order valence-corrected chi connectivity index (χ0v) is 8.63. The number of hydrogen-bond acceptors (Lipinski definition) is 1. The summed E-state index contributed by atoms with van der Waals surface area (Å²) in [5.41, 5.74) is 3.85. The van der Waals surface area contributed by atoms with Gasteiger partial charge in [0.05, 0.1) is 6.04 Å². The largest absolute Gasteiger partial charge is 0.349 e. The van der Waals surface area contributed by atoms with Crippen LogP contribution in [0.2, 0.25) is 0 Å². The highest BCUT2D eigenvalue weighted by Crippen LogP contribution is 2.28. The number of amides is 1. The summed E-state index contributed by atoms with van der Waals surface area (Å²) in [4.78, 5) is 11.1. The number of aryl methyl sites for hydroxylation is 2. The Morgan fingerprint density at radius 2 is 1.93 bits per heavy atom. The van der Waals surface area contributed by atoms with Crippen molar-refractivity contribution < 1.29 is 4.79 Å². The van der Waals surface area contributed by atoms with Crippen LogP contribution in [0.4, 0.5) is 0 Å². The molecule has 1 aliphatic heterocycles. The summed E-state index contributed by atoms with van der Waals surface area (Å²) in [5.74, 6) is 0.178. The molecule has 1 fully saturated rings. The summed E-state index contributed by atoms with van der Waals surface area (Å²) >= 11 is 0.